The zero-order valence-corrected chi connectivity index (χ0v) is 12.6. The molecule has 0 amide bonds. The molecule has 0 bridgehead atoms. The summed E-state index contributed by atoms with van der Waals surface area (Å²) in [6.07, 6.45) is 0. The molecule has 5 heteroatoms. The Balaban J connectivity index is 3.35. The van der Waals surface area contributed by atoms with Gasteiger partial charge < -0.3 is 0 Å². The van der Waals surface area contributed by atoms with Crippen LogP contribution >= 0.6 is 31.9 Å². The molecule has 0 aliphatic rings. The molecular weight excluding hydrogens is 356 g/mol. The fourth-order valence-electron chi connectivity index (χ4n) is 0.989. The highest BCUT2D eigenvalue weighted by Gasteiger charge is 2.21. The number of sulfone groups is 1. The molecule has 0 saturated carbocycles. The maximum Gasteiger partial charge on any atom is 0.214 e. The predicted molar refractivity (Wildman–Crippen MR) is 73.3 cm³/mol. The van der Waals surface area contributed by atoms with Crippen LogP contribution in [0.5, 0.6) is 0 Å². The first kappa shape index (κ1) is 13.7. The van der Waals surface area contributed by atoms with Crippen LogP contribution in [0, 0.1) is 0 Å². The van der Waals surface area contributed by atoms with Gasteiger partial charge in [0.2, 0.25) is 9.84 Å². The van der Waals surface area contributed by atoms with E-state index >= 15 is 0 Å². The topological polar surface area (TPSA) is 34.1 Å². The van der Waals surface area contributed by atoms with Crippen LogP contribution in [-0.2, 0) is 9.84 Å². The number of benzene rings is 1. The lowest BCUT2D eigenvalue weighted by Crippen LogP contribution is -2.01. The van der Waals surface area contributed by atoms with Gasteiger partial charge in [0.25, 0.3) is 0 Å². The van der Waals surface area contributed by atoms with Crippen LogP contribution in [0.2, 0.25) is 0 Å². The Morgan fingerprint density at radius 3 is 2.12 bits per heavy atom. The number of allylic oxidation sites excluding steroid dienone is 2. The minimum absolute atomic E-state index is 0.0960. The molecule has 0 aromatic heterocycles. The molecule has 0 radical (unpaired) electrons. The van der Waals surface area contributed by atoms with E-state index in [4.69, 9.17) is 0 Å². The third kappa shape index (κ3) is 2.84. The van der Waals surface area contributed by atoms with Gasteiger partial charge in [0.15, 0.2) is 0 Å². The third-order valence-corrected chi connectivity index (χ3v) is 6.95. The van der Waals surface area contributed by atoms with Crippen molar-refractivity contribution < 1.29 is 8.42 Å². The second-order valence-electron chi connectivity index (χ2n) is 3.18. The standard InChI is InChI=1S/C11H10Br2O2S/c1-8(2)10(12)11(13)16(14,15)9-6-4-3-5-7-9/h3-7H,1H2,2H3/b11-10-. The van der Waals surface area contributed by atoms with Crippen LogP contribution in [0.25, 0.3) is 0 Å². The SMILES string of the molecule is C=C(C)/C(Br)=C(\Br)S(=O)(=O)c1ccccc1. The monoisotopic (exact) mass is 364 g/mol. The number of rotatable bonds is 3. The highest BCUT2D eigenvalue weighted by Crippen LogP contribution is 2.32. The first-order valence-electron chi connectivity index (χ1n) is 4.38. The summed E-state index contributed by atoms with van der Waals surface area (Å²) in [6, 6.07) is 8.23. The maximum absolute atomic E-state index is 12.1. The van der Waals surface area contributed by atoms with Gasteiger partial charge in [-0.25, -0.2) is 8.42 Å². The molecule has 0 heterocycles. The molecule has 0 N–H and O–H groups in total. The molecule has 0 aliphatic heterocycles. The molecule has 1 aromatic rings. The molecule has 16 heavy (non-hydrogen) atoms. The fraction of sp³-hybridized carbons (Fsp3) is 0.0909. The summed E-state index contributed by atoms with van der Waals surface area (Å²) in [5.74, 6) is 0. The molecule has 1 rings (SSSR count). The van der Waals surface area contributed by atoms with Crippen molar-refractivity contribution in [1.82, 2.24) is 0 Å². The molecule has 0 unspecified atom stereocenters. The summed E-state index contributed by atoms with van der Waals surface area (Å²) in [7, 11) is -3.49. The van der Waals surface area contributed by atoms with Crippen molar-refractivity contribution in [3.63, 3.8) is 0 Å². The predicted octanol–water partition coefficient (Wildman–Crippen LogP) is 4.00. The zero-order valence-electron chi connectivity index (χ0n) is 8.57. The minimum atomic E-state index is -3.49. The quantitative estimate of drug-likeness (QED) is 0.758. The summed E-state index contributed by atoms with van der Waals surface area (Å²) >= 11 is 6.28. The Kier molecular flexibility index (Phi) is 4.52. The van der Waals surface area contributed by atoms with E-state index in [1.807, 2.05) is 0 Å². The van der Waals surface area contributed by atoms with Gasteiger partial charge in [-0.05, 0) is 56.5 Å². The molecule has 0 atom stereocenters. The van der Waals surface area contributed by atoms with Crippen molar-refractivity contribution in [2.24, 2.45) is 0 Å². The third-order valence-electron chi connectivity index (χ3n) is 1.84. The van der Waals surface area contributed by atoms with Gasteiger partial charge in [-0.15, -0.1) is 0 Å². The highest BCUT2D eigenvalue weighted by atomic mass is 79.9. The van der Waals surface area contributed by atoms with Crippen molar-refractivity contribution >= 4 is 41.7 Å². The van der Waals surface area contributed by atoms with Crippen molar-refractivity contribution in [1.29, 1.82) is 0 Å². The normalized spacial score (nSPS) is 13.2. The number of halogens is 2. The van der Waals surface area contributed by atoms with Gasteiger partial charge in [-0.2, -0.15) is 0 Å². The van der Waals surface area contributed by atoms with E-state index in [1.54, 1.807) is 37.3 Å². The Bertz CT molecular complexity index is 530. The van der Waals surface area contributed by atoms with Crippen molar-refractivity contribution in [3.8, 4) is 0 Å². The summed E-state index contributed by atoms with van der Waals surface area (Å²) in [4.78, 5) is 0.250. The van der Waals surface area contributed by atoms with Crippen molar-refractivity contribution in [2.45, 2.75) is 11.8 Å². The van der Waals surface area contributed by atoms with E-state index in [2.05, 4.69) is 38.4 Å². The first-order valence-corrected chi connectivity index (χ1v) is 7.45. The smallest absolute Gasteiger partial charge is 0.214 e. The van der Waals surface area contributed by atoms with Crippen LogP contribution in [0.15, 0.2) is 55.7 Å². The maximum atomic E-state index is 12.1. The van der Waals surface area contributed by atoms with Gasteiger partial charge in [0, 0.05) is 4.48 Å². The van der Waals surface area contributed by atoms with Crippen molar-refractivity contribution in [2.75, 3.05) is 0 Å². The Morgan fingerprint density at radius 2 is 1.69 bits per heavy atom. The Labute approximate surface area is 112 Å². The first-order chi connectivity index (χ1) is 7.37. The van der Waals surface area contributed by atoms with Crippen molar-refractivity contribution in [3.05, 3.63) is 50.8 Å². The van der Waals surface area contributed by atoms with E-state index < -0.39 is 9.84 Å². The Morgan fingerprint density at radius 1 is 1.19 bits per heavy atom. The minimum Gasteiger partial charge on any atom is -0.218 e. The van der Waals surface area contributed by atoms with Gasteiger partial charge in [-0.3, -0.25) is 0 Å². The molecule has 1 aromatic carbocycles. The summed E-state index contributed by atoms with van der Waals surface area (Å²) in [6.45, 7) is 5.41. The van der Waals surface area contributed by atoms with E-state index in [0.717, 1.165) is 0 Å². The second kappa shape index (κ2) is 5.29. The molecule has 86 valence electrons. The number of hydrogen-bond acceptors (Lipinski definition) is 2. The molecule has 0 spiro atoms. The average Bonchev–Trinajstić information content (AvgIpc) is 2.28. The second-order valence-corrected chi connectivity index (χ2v) is 7.18. The van der Waals surface area contributed by atoms with Gasteiger partial charge >= 0.3 is 0 Å². The Hall–Kier alpha value is -0.390. The number of hydrogen-bond donors (Lipinski definition) is 0. The molecule has 2 nitrogen and oxygen atoms in total. The van der Waals surface area contributed by atoms with E-state index in [9.17, 15) is 8.42 Å². The van der Waals surface area contributed by atoms with Crippen LogP contribution in [0.4, 0.5) is 0 Å². The van der Waals surface area contributed by atoms with Crippen LogP contribution in [0.1, 0.15) is 6.92 Å². The zero-order chi connectivity index (χ0) is 12.3. The van der Waals surface area contributed by atoms with Gasteiger partial charge in [0.05, 0.1) is 4.90 Å². The average molecular weight is 366 g/mol. The molecule has 0 fully saturated rings. The van der Waals surface area contributed by atoms with E-state index in [0.29, 0.717) is 10.1 Å². The van der Waals surface area contributed by atoms with Crippen LogP contribution in [0.3, 0.4) is 0 Å². The van der Waals surface area contributed by atoms with E-state index in [-0.39, 0.29) is 8.71 Å². The molecule has 0 saturated heterocycles. The van der Waals surface area contributed by atoms with E-state index in [1.165, 1.54) is 0 Å². The van der Waals surface area contributed by atoms with Gasteiger partial charge in [-0.1, -0.05) is 24.8 Å². The van der Waals surface area contributed by atoms with Crippen LogP contribution in [-0.4, -0.2) is 8.42 Å². The lowest BCUT2D eigenvalue weighted by Gasteiger charge is -2.06. The van der Waals surface area contributed by atoms with Crippen LogP contribution < -0.4 is 0 Å². The largest absolute Gasteiger partial charge is 0.218 e. The summed E-state index contributed by atoms with van der Waals surface area (Å²) in [5.41, 5.74) is 0.645. The van der Waals surface area contributed by atoms with Gasteiger partial charge in [0.1, 0.15) is 3.81 Å². The molecule has 0 aliphatic carbocycles. The molecular formula is C11H10Br2O2S. The highest BCUT2D eigenvalue weighted by molar-refractivity contribution is 9.15. The summed E-state index contributed by atoms with van der Waals surface area (Å²) < 4.78 is 24.8. The lowest BCUT2D eigenvalue weighted by atomic mass is 10.4. The fourth-order valence-corrected chi connectivity index (χ4v) is 3.66. The summed E-state index contributed by atoms with van der Waals surface area (Å²) in [5, 5.41) is 0. The lowest BCUT2D eigenvalue weighted by molar-refractivity contribution is 0.604.